The molecular weight excluding hydrogens is 372 g/mol. The highest BCUT2D eigenvalue weighted by molar-refractivity contribution is 7.89. The van der Waals surface area contributed by atoms with Crippen molar-refractivity contribution in [3.8, 4) is 0 Å². The van der Waals surface area contributed by atoms with Crippen molar-refractivity contribution in [2.45, 2.75) is 31.7 Å². The lowest BCUT2D eigenvalue weighted by Gasteiger charge is -2.17. The number of benzene rings is 2. The summed E-state index contributed by atoms with van der Waals surface area (Å²) >= 11 is 5.85. The zero-order valence-electron chi connectivity index (χ0n) is 15.1. The lowest BCUT2D eigenvalue weighted by Crippen LogP contribution is -2.32. The molecule has 1 N–H and O–H groups in total. The zero-order valence-corrected chi connectivity index (χ0v) is 16.7. The molecule has 0 aliphatic rings. The molecule has 0 radical (unpaired) electrons. The molecule has 5 nitrogen and oxygen atoms in total. The first-order valence-corrected chi connectivity index (χ1v) is 10.1. The van der Waals surface area contributed by atoms with Crippen LogP contribution in [0, 0.1) is 13.8 Å². The molecule has 2 aromatic carbocycles. The maximum Gasteiger partial charge on any atom is 0.240 e. The predicted molar refractivity (Wildman–Crippen MR) is 104 cm³/mol. The third-order valence-corrected chi connectivity index (χ3v) is 5.88. The van der Waals surface area contributed by atoms with Gasteiger partial charge in [-0.05, 0) is 43.2 Å². The fraction of sp³-hybridized carbons (Fsp3) is 0.316. The Morgan fingerprint density at radius 3 is 2.38 bits per heavy atom. The first-order valence-electron chi connectivity index (χ1n) is 8.24. The van der Waals surface area contributed by atoms with Gasteiger partial charge < -0.3 is 4.90 Å². The van der Waals surface area contributed by atoms with Gasteiger partial charge in [-0.1, -0.05) is 41.4 Å². The number of nitrogens with zero attached hydrogens (tertiary/aromatic N) is 1. The Bertz CT molecular complexity index is 880. The number of amides is 1. The average Bonchev–Trinajstić information content (AvgIpc) is 2.56. The molecule has 0 unspecified atom stereocenters. The summed E-state index contributed by atoms with van der Waals surface area (Å²) in [5, 5.41) is 0.642. The molecule has 0 aliphatic carbocycles. The van der Waals surface area contributed by atoms with Crippen molar-refractivity contribution in [1.82, 2.24) is 9.62 Å². The SMILES string of the molecule is Cc1ccc(S(=O)(=O)NCCC(=O)N(C)Cc2ccc(Cl)cc2)c(C)c1. The van der Waals surface area contributed by atoms with Crippen LogP contribution in [0.1, 0.15) is 23.1 Å². The van der Waals surface area contributed by atoms with E-state index >= 15 is 0 Å². The molecule has 0 saturated heterocycles. The Hall–Kier alpha value is -1.89. The molecule has 0 saturated carbocycles. The minimum atomic E-state index is -3.63. The Kier molecular flexibility index (Phi) is 6.81. The fourth-order valence-electron chi connectivity index (χ4n) is 2.61. The molecule has 0 spiro atoms. The lowest BCUT2D eigenvalue weighted by molar-refractivity contribution is -0.130. The molecule has 7 heteroatoms. The molecule has 0 atom stereocenters. The van der Waals surface area contributed by atoms with Gasteiger partial charge in [-0.25, -0.2) is 13.1 Å². The molecule has 0 heterocycles. The predicted octanol–water partition coefficient (Wildman–Crippen LogP) is 3.28. The summed E-state index contributed by atoms with van der Waals surface area (Å²) in [4.78, 5) is 14.0. The minimum Gasteiger partial charge on any atom is -0.341 e. The van der Waals surface area contributed by atoms with Gasteiger partial charge in [0.1, 0.15) is 0 Å². The second-order valence-electron chi connectivity index (χ2n) is 6.29. The molecule has 0 bridgehead atoms. The average molecular weight is 395 g/mol. The molecule has 26 heavy (non-hydrogen) atoms. The quantitative estimate of drug-likeness (QED) is 0.783. The Morgan fingerprint density at radius 2 is 1.77 bits per heavy atom. The molecule has 0 aromatic heterocycles. The van der Waals surface area contributed by atoms with Gasteiger partial charge in [0, 0.05) is 31.6 Å². The van der Waals surface area contributed by atoms with Crippen LogP contribution in [0.25, 0.3) is 0 Å². The van der Waals surface area contributed by atoms with E-state index in [1.807, 2.05) is 25.1 Å². The van der Waals surface area contributed by atoms with E-state index in [1.165, 1.54) is 0 Å². The van der Waals surface area contributed by atoms with Gasteiger partial charge in [0.25, 0.3) is 0 Å². The molecule has 1 amide bonds. The van der Waals surface area contributed by atoms with Gasteiger partial charge in [0.05, 0.1) is 4.90 Å². The Morgan fingerprint density at radius 1 is 1.12 bits per heavy atom. The lowest BCUT2D eigenvalue weighted by atomic mass is 10.2. The van der Waals surface area contributed by atoms with Crippen molar-refractivity contribution in [3.05, 3.63) is 64.2 Å². The summed E-state index contributed by atoms with van der Waals surface area (Å²) < 4.78 is 27.3. The monoisotopic (exact) mass is 394 g/mol. The number of carbonyl (C=O) groups excluding carboxylic acids is 1. The summed E-state index contributed by atoms with van der Waals surface area (Å²) in [6, 6.07) is 12.4. The molecule has 2 aromatic rings. The largest absolute Gasteiger partial charge is 0.341 e. The number of hydrogen-bond acceptors (Lipinski definition) is 3. The minimum absolute atomic E-state index is 0.0550. The number of carbonyl (C=O) groups is 1. The summed E-state index contributed by atoms with van der Waals surface area (Å²) in [5.74, 6) is -0.136. The Labute approximate surface area is 160 Å². The van der Waals surface area contributed by atoms with Crippen LogP contribution in [0.5, 0.6) is 0 Å². The Balaban J connectivity index is 1.89. The van der Waals surface area contributed by atoms with Gasteiger partial charge >= 0.3 is 0 Å². The van der Waals surface area contributed by atoms with E-state index in [0.717, 1.165) is 11.1 Å². The van der Waals surface area contributed by atoms with Crippen LogP contribution in [0.4, 0.5) is 0 Å². The van der Waals surface area contributed by atoms with Gasteiger partial charge in [-0.2, -0.15) is 0 Å². The van der Waals surface area contributed by atoms with Crippen LogP contribution < -0.4 is 4.72 Å². The summed E-state index contributed by atoms with van der Waals surface area (Å²) in [5.41, 5.74) is 2.64. The van der Waals surface area contributed by atoms with Crippen LogP contribution in [0.3, 0.4) is 0 Å². The second-order valence-corrected chi connectivity index (χ2v) is 8.46. The van der Waals surface area contributed by atoms with E-state index in [-0.39, 0.29) is 23.8 Å². The fourth-order valence-corrected chi connectivity index (χ4v) is 4.00. The zero-order chi connectivity index (χ0) is 19.3. The third kappa shape index (κ3) is 5.56. The van der Waals surface area contributed by atoms with Crippen molar-refractivity contribution in [3.63, 3.8) is 0 Å². The normalized spacial score (nSPS) is 11.4. The highest BCUT2D eigenvalue weighted by Crippen LogP contribution is 2.16. The van der Waals surface area contributed by atoms with Gasteiger partial charge in [0.2, 0.25) is 15.9 Å². The topological polar surface area (TPSA) is 66.5 Å². The van der Waals surface area contributed by atoms with E-state index in [2.05, 4.69) is 4.72 Å². The first-order chi connectivity index (χ1) is 12.2. The van der Waals surface area contributed by atoms with Gasteiger partial charge in [0.15, 0.2) is 0 Å². The summed E-state index contributed by atoms with van der Waals surface area (Å²) in [6.07, 6.45) is 0.0915. The number of nitrogens with one attached hydrogen (secondary N) is 1. The molecule has 0 aliphatic heterocycles. The summed E-state index contributed by atoms with van der Waals surface area (Å²) in [6.45, 7) is 4.16. The van der Waals surface area contributed by atoms with Crippen molar-refractivity contribution in [2.75, 3.05) is 13.6 Å². The van der Waals surface area contributed by atoms with E-state index in [0.29, 0.717) is 17.1 Å². The van der Waals surface area contributed by atoms with E-state index < -0.39 is 10.0 Å². The summed E-state index contributed by atoms with van der Waals surface area (Å²) in [7, 11) is -1.94. The van der Waals surface area contributed by atoms with Crippen molar-refractivity contribution < 1.29 is 13.2 Å². The number of halogens is 1. The van der Waals surface area contributed by atoms with Crippen molar-refractivity contribution in [1.29, 1.82) is 0 Å². The van der Waals surface area contributed by atoms with Crippen molar-refractivity contribution in [2.24, 2.45) is 0 Å². The highest BCUT2D eigenvalue weighted by Gasteiger charge is 2.17. The second kappa shape index (κ2) is 8.66. The first kappa shape index (κ1) is 20.4. The molecule has 2 rings (SSSR count). The van der Waals surface area contributed by atoms with Gasteiger partial charge in [-0.15, -0.1) is 0 Å². The van der Waals surface area contributed by atoms with Crippen LogP contribution in [0.2, 0.25) is 5.02 Å². The molecule has 140 valence electrons. The number of aryl methyl sites for hydroxylation is 2. The third-order valence-electron chi connectivity index (χ3n) is 4.01. The van der Waals surface area contributed by atoms with E-state index in [9.17, 15) is 13.2 Å². The number of hydrogen-bond donors (Lipinski definition) is 1. The number of rotatable bonds is 7. The molecule has 0 fully saturated rings. The standard InChI is InChI=1S/C19H23ClN2O3S/c1-14-4-9-18(15(2)12-14)26(24,25)21-11-10-19(23)22(3)13-16-5-7-17(20)8-6-16/h4-9,12,21H,10-11,13H2,1-3H3. The maximum absolute atomic E-state index is 12.4. The number of sulfonamides is 1. The van der Waals surface area contributed by atoms with Crippen LogP contribution in [-0.4, -0.2) is 32.8 Å². The van der Waals surface area contributed by atoms with Crippen LogP contribution >= 0.6 is 11.6 Å². The van der Waals surface area contributed by atoms with E-state index in [4.69, 9.17) is 11.6 Å². The highest BCUT2D eigenvalue weighted by atomic mass is 35.5. The van der Waals surface area contributed by atoms with Crippen molar-refractivity contribution >= 4 is 27.5 Å². The smallest absolute Gasteiger partial charge is 0.240 e. The van der Waals surface area contributed by atoms with Crippen LogP contribution in [-0.2, 0) is 21.4 Å². The van der Waals surface area contributed by atoms with Crippen LogP contribution in [0.15, 0.2) is 47.4 Å². The van der Waals surface area contributed by atoms with Gasteiger partial charge in [-0.3, -0.25) is 4.79 Å². The molecular formula is C19H23ClN2O3S. The maximum atomic E-state index is 12.4. The van der Waals surface area contributed by atoms with E-state index in [1.54, 1.807) is 43.1 Å².